The molecule has 0 aliphatic rings. The van der Waals surface area contributed by atoms with Crippen LogP contribution in [0.15, 0.2) is 54.6 Å². The summed E-state index contributed by atoms with van der Waals surface area (Å²) in [5.41, 5.74) is 1.11. The molecule has 0 N–H and O–H groups in total. The molecule has 4 heteroatoms. The summed E-state index contributed by atoms with van der Waals surface area (Å²) >= 11 is 0. The van der Waals surface area contributed by atoms with Gasteiger partial charge in [0.15, 0.2) is 5.78 Å². The van der Waals surface area contributed by atoms with Crippen molar-refractivity contribution in [3.8, 4) is 0 Å². The number of carbonyl (C=O) groups is 3. The second kappa shape index (κ2) is 8.47. The second-order valence-electron chi connectivity index (χ2n) is 6.37. The Morgan fingerprint density at radius 2 is 1.52 bits per heavy atom. The highest BCUT2D eigenvalue weighted by atomic mass is 19.1. The molecule has 0 aromatic heterocycles. The summed E-state index contributed by atoms with van der Waals surface area (Å²) in [6.07, 6.45) is -0.0744. The first-order chi connectivity index (χ1) is 11.9. The van der Waals surface area contributed by atoms with Crippen LogP contribution in [-0.4, -0.2) is 17.3 Å². The molecule has 0 radical (unpaired) electrons. The molecule has 0 bridgehead atoms. The van der Waals surface area contributed by atoms with Gasteiger partial charge in [-0.05, 0) is 29.8 Å². The summed E-state index contributed by atoms with van der Waals surface area (Å²) in [7, 11) is 0. The van der Waals surface area contributed by atoms with E-state index in [1.165, 1.54) is 24.3 Å². The first kappa shape index (κ1) is 18.7. The zero-order chi connectivity index (χ0) is 18.4. The molecule has 2 aromatic rings. The van der Waals surface area contributed by atoms with Crippen molar-refractivity contribution >= 4 is 17.3 Å². The van der Waals surface area contributed by atoms with Gasteiger partial charge in [-0.1, -0.05) is 44.2 Å². The molecule has 3 nitrogen and oxygen atoms in total. The van der Waals surface area contributed by atoms with Gasteiger partial charge in [-0.25, -0.2) is 4.39 Å². The van der Waals surface area contributed by atoms with Crippen LogP contribution in [0.1, 0.15) is 36.2 Å². The van der Waals surface area contributed by atoms with Crippen LogP contribution in [0.2, 0.25) is 0 Å². The Hall–Kier alpha value is -2.62. The van der Waals surface area contributed by atoms with E-state index in [0.717, 1.165) is 5.56 Å². The Morgan fingerprint density at radius 1 is 0.920 bits per heavy atom. The zero-order valence-electron chi connectivity index (χ0n) is 14.4. The van der Waals surface area contributed by atoms with Gasteiger partial charge in [-0.15, -0.1) is 0 Å². The summed E-state index contributed by atoms with van der Waals surface area (Å²) in [6.45, 7) is 3.43. The van der Waals surface area contributed by atoms with E-state index in [4.69, 9.17) is 0 Å². The molecule has 2 rings (SSSR count). The van der Waals surface area contributed by atoms with Crippen LogP contribution in [0, 0.1) is 17.7 Å². The molecule has 0 aliphatic heterocycles. The Labute approximate surface area is 146 Å². The molecule has 0 amide bonds. The lowest BCUT2D eigenvalue weighted by atomic mass is 9.84. The molecule has 0 fully saturated rings. The van der Waals surface area contributed by atoms with Gasteiger partial charge < -0.3 is 0 Å². The number of carbonyl (C=O) groups excluding carboxylic acids is 3. The highest BCUT2D eigenvalue weighted by Gasteiger charge is 2.30. The summed E-state index contributed by atoms with van der Waals surface area (Å²) < 4.78 is 13.0. The van der Waals surface area contributed by atoms with E-state index < -0.39 is 11.7 Å². The quantitative estimate of drug-likeness (QED) is 0.538. The maximum Gasteiger partial charge on any atom is 0.164 e. The number of rotatable bonds is 8. The molecule has 0 aliphatic carbocycles. The molecular weight excluding hydrogens is 319 g/mol. The third-order valence-electron chi connectivity index (χ3n) is 4.08. The van der Waals surface area contributed by atoms with Gasteiger partial charge >= 0.3 is 0 Å². The van der Waals surface area contributed by atoms with Gasteiger partial charge in [0, 0.05) is 24.3 Å². The predicted molar refractivity (Wildman–Crippen MR) is 93.8 cm³/mol. The van der Waals surface area contributed by atoms with Crippen molar-refractivity contribution in [2.45, 2.75) is 26.7 Å². The lowest BCUT2D eigenvalue weighted by Crippen LogP contribution is -2.31. The topological polar surface area (TPSA) is 51.2 Å². The first-order valence-electron chi connectivity index (χ1n) is 8.27. The van der Waals surface area contributed by atoms with Crippen LogP contribution >= 0.6 is 0 Å². The van der Waals surface area contributed by atoms with E-state index in [9.17, 15) is 18.8 Å². The zero-order valence-corrected chi connectivity index (χ0v) is 14.4. The molecule has 0 spiro atoms. The minimum Gasteiger partial charge on any atom is -0.299 e. The van der Waals surface area contributed by atoms with Gasteiger partial charge in [0.2, 0.25) is 0 Å². The maximum absolute atomic E-state index is 13.0. The van der Waals surface area contributed by atoms with Gasteiger partial charge in [0.25, 0.3) is 0 Å². The van der Waals surface area contributed by atoms with Crippen molar-refractivity contribution in [3.63, 3.8) is 0 Å². The molecule has 0 heterocycles. The lowest BCUT2D eigenvalue weighted by molar-refractivity contribution is -0.134. The van der Waals surface area contributed by atoms with Crippen LogP contribution in [0.5, 0.6) is 0 Å². The molecular formula is C21H21FO3. The monoisotopic (exact) mass is 340 g/mol. The fourth-order valence-corrected chi connectivity index (χ4v) is 2.63. The predicted octanol–water partition coefficient (Wildman–Crippen LogP) is 4.05. The van der Waals surface area contributed by atoms with Gasteiger partial charge in [0.05, 0.1) is 5.92 Å². The van der Waals surface area contributed by atoms with Crippen molar-refractivity contribution in [1.29, 1.82) is 0 Å². The van der Waals surface area contributed by atoms with Crippen molar-refractivity contribution in [2.24, 2.45) is 11.8 Å². The minimum absolute atomic E-state index is 0.112. The van der Waals surface area contributed by atoms with Gasteiger partial charge in [-0.2, -0.15) is 0 Å². The molecule has 2 aromatic carbocycles. The Morgan fingerprint density at radius 3 is 2.08 bits per heavy atom. The average molecular weight is 340 g/mol. The summed E-state index contributed by atoms with van der Waals surface area (Å²) in [6, 6.07) is 14.3. The molecule has 0 saturated heterocycles. The van der Waals surface area contributed by atoms with E-state index in [-0.39, 0.29) is 36.1 Å². The van der Waals surface area contributed by atoms with E-state index in [2.05, 4.69) is 0 Å². The van der Waals surface area contributed by atoms with Crippen molar-refractivity contribution in [3.05, 3.63) is 71.5 Å². The summed E-state index contributed by atoms with van der Waals surface area (Å²) in [5.74, 6) is -2.59. The fraction of sp³-hybridized carbons (Fsp3) is 0.286. The number of hydrogen-bond donors (Lipinski definition) is 0. The number of benzene rings is 2. The Bertz CT molecular complexity index is 748. The van der Waals surface area contributed by atoms with Crippen molar-refractivity contribution in [2.75, 3.05) is 0 Å². The highest BCUT2D eigenvalue weighted by Crippen LogP contribution is 2.19. The van der Waals surface area contributed by atoms with Crippen LogP contribution in [0.25, 0.3) is 0 Å². The van der Waals surface area contributed by atoms with E-state index in [1.54, 1.807) is 13.8 Å². The third kappa shape index (κ3) is 5.18. The summed E-state index contributed by atoms with van der Waals surface area (Å²) in [4.78, 5) is 37.5. The maximum atomic E-state index is 13.0. The molecule has 130 valence electrons. The number of ketones is 3. The van der Waals surface area contributed by atoms with Crippen LogP contribution < -0.4 is 0 Å². The normalized spacial score (nSPS) is 12.0. The van der Waals surface area contributed by atoms with Crippen LogP contribution in [0.4, 0.5) is 4.39 Å². The second-order valence-corrected chi connectivity index (χ2v) is 6.37. The average Bonchev–Trinajstić information content (AvgIpc) is 2.60. The molecule has 1 unspecified atom stereocenters. The van der Waals surface area contributed by atoms with Gasteiger partial charge in [0.1, 0.15) is 17.4 Å². The highest BCUT2D eigenvalue weighted by molar-refractivity contribution is 6.09. The lowest BCUT2D eigenvalue weighted by Gasteiger charge is -2.16. The minimum atomic E-state index is -0.974. The standard InChI is InChI=1S/C21H21FO3/c1-14(2)21(25)18(20(24)12-15-6-4-3-5-7-15)13-19(23)16-8-10-17(22)11-9-16/h3-11,14,18H,12-13H2,1-2H3. The molecule has 0 saturated carbocycles. The SMILES string of the molecule is CC(C)C(=O)C(CC(=O)c1ccc(F)cc1)C(=O)Cc1ccccc1. The third-order valence-corrected chi connectivity index (χ3v) is 4.08. The first-order valence-corrected chi connectivity index (χ1v) is 8.27. The van der Waals surface area contributed by atoms with Crippen molar-refractivity contribution < 1.29 is 18.8 Å². The number of halogens is 1. The number of Topliss-reactive ketones (excluding diaryl/α,β-unsaturated/α-hetero) is 3. The smallest absolute Gasteiger partial charge is 0.164 e. The van der Waals surface area contributed by atoms with Crippen LogP contribution in [0.3, 0.4) is 0 Å². The van der Waals surface area contributed by atoms with E-state index >= 15 is 0 Å². The van der Waals surface area contributed by atoms with Gasteiger partial charge in [-0.3, -0.25) is 14.4 Å². The van der Waals surface area contributed by atoms with Crippen molar-refractivity contribution in [1.82, 2.24) is 0 Å². The Kier molecular flexibility index (Phi) is 6.34. The summed E-state index contributed by atoms with van der Waals surface area (Å²) in [5, 5.41) is 0. The van der Waals surface area contributed by atoms with E-state index in [0.29, 0.717) is 5.56 Å². The molecule has 25 heavy (non-hydrogen) atoms. The largest absolute Gasteiger partial charge is 0.299 e. The fourth-order valence-electron chi connectivity index (χ4n) is 2.63. The Balaban J connectivity index is 2.17. The number of hydrogen-bond acceptors (Lipinski definition) is 3. The molecule has 1 atom stereocenters. The van der Waals surface area contributed by atoms with E-state index in [1.807, 2.05) is 30.3 Å². The van der Waals surface area contributed by atoms with Crippen LogP contribution in [-0.2, 0) is 16.0 Å².